The van der Waals surface area contributed by atoms with Crippen molar-refractivity contribution in [3.8, 4) is 0 Å². The number of alkyl halides is 1. The van der Waals surface area contributed by atoms with Crippen LogP contribution >= 0.6 is 11.6 Å². The summed E-state index contributed by atoms with van der Waals surface area (Å²) in [4.78, 5) is 15.0. The van der Waals surface area contributed by atoms with Crippen molar-refractivity contribution in [1.29, 1.82) is 0 Å². The quantitative estimate of drug-likeness (QED) is 0.657. The fourth-order valence-corrected chi connectivity index (χ4v) is 2.30. The molecule has 1 aromatic heterocycles. The number of rotatable bonds is 6. The monoisotopic (exact) mass is 313 g/mol. The van der Waals surface area contributed by atoms with E-state index in [-0.39, 0.29) is 17.8 Å². The highest BCUT2D eigenvalue weighted by Gasteiger charge is 2.16. The number of nitrogens with zero attached hydrogens (tertiary/aromatic N) is 2. The highest BCUT2D eigenvalue weighted by Crippen LogP contribution is 2.26. The number of halogens is 2. The summed E-state index contributed by atoms with van der Waals surface area (Å²) in [5, 5.41) is -0.322. The van der Waals surface area contributed by atoms with Crippen molar-refractivity contribution < 1.29 is 13.9 Å². The molecule has 1 unspecified atom stereocenters. The van der Waals surface area contributed by atoms with Gasteiger partial charge in [0, 0.05) is 12.6 Å². The number of carbonyl (C=O) groups excluding carboxylic acids is 1. The molecular weight excluding hydrogens is 297 g/mol. The maximum atomic E-state index is 13.6. The molecule has 0 fully saturated rings. The Morgan fingerprint density at radius 1 is 1.57 bits per heavy atom. The molecular formula is C14H17ClFN3O2. The molecule has 0 spiro atoms. The fourth-order valence-electron chi connectivity index (χ4n) is 2.14. The molecule has 0 aliphatic carbocycles. The minimum absolute atomic E-state index is 0.133. The Hall–Kier alpha value is -1.66. The lowest BCUT2D eigenvalue weighted by molar-refractivity contribution is -0.122. The Balaban J connectivity index is 2.32. The Bertz CT molecular complexity index is 670. The standard InChI is InChI=1S/C14H17ClFN3O2/c1-8-5-12-11(6-10(8)16)18-14(9(2)15)19(12)3-4-21-7-13(17)20/h5-6,9H,3-4,7H2,1-2H3,(H2,17,20). The first-order valence-electron chi connectivity index (χ1n) is 6.56. The van der Waals surface area contributed by atoms with Crippen molar-refractivity contribution in [3.05, 3.63) is 29.3 Å². The average Bonchev–Trinajstić information content (AvgIpc) is 2.73. The molecule has 2 N–H and O–H groups in total. The van der Waals surface area contributed by atoms with E-state index >= 15 is 0 Å². The second-order valence-corrected chi connectivity index (χ2v) is 5.50. The number of nitrogens with two attached hydrogens (primary N) is 1. The molecule has 1 amide bonds. The minimum Gasteiger partial charge on any atom is -0.370 e. The number of hydrogen-bond acceptors (Lipinski definition) is 3. The molecule has 21 heavy (non-hydrogen) atoms. The number of ether oxygens (including phenoxy) is 1. The maximum Gasteiger partial charge on any atom is 0.243 e. The van der Waals surface area contributed by atoms with Gasteiger partial charge in [0.15, 0.2) is 0 Å². The van der Waals surface area contributed by atoms with Gasteiger partial charge in [-0.25, -0.2) is 9.37 Å². The SMILES string of the molecule is Cc1cc2c(cc1F)nc(C(C)Cl)n2CCOCC(N)=O. The Kier molecular flexibility index (Phi) is 4.80. The lowest BCUT2D eigenvalue weighted by atomic mass is 10.2. The van der Waals surface area contributed by atoms with Gasteiger partial charge in [-0.15, -0.1) is 11.6 Å². The van der Waals surface area contributed by atoms with Crippen LogP contribution in [0.15, 0.2) is 12.1 Å². The van der Waals surface area contributed by atoms with Crippen LogP contribution in [-0.4, -0.2) is 28.7 Å². The van der Waals surface area contributed by atoms with Gasteiger partial charge >= 0.3 is 0 Å². The van der Waals surface area contributed by atoms with Crippen LogP contribution in [0.1, 0.15) is 23.7 Å². The summed E-state index contributed by atoms with van der Waals surface area (Å²) in [7, 11) is 0. The molecule has 0 aliphatic heterocycles. The van der Waals surface area contributed by atoms with Crippen LogP contribution in [0, 0.1) is 12.7 Å². The molecule has 114 valence electrons. The summed E-state index contributed by atoms with van der Waals surface area (Å²) in [6, 6.07) is 3.13. The zero-order valence-electron chi connectivity index (χ0n) is 11.9. The largest absolute Gasteiger partial charge is 0.370 e. The molecule has 2 aromatic rings. The lowest BCUT2D eigenvalue weighted by Gasteiger charge is -2.10. The number of carbonyl (C=O) groups is 1. The third kappa shape index (κ3) is 3.51. The number of primary amides is 1. The normalized spacial score (nSPS) is 12.8. The highest BCUT2D eigenvalue weighted by atomic mass is 35.5. The summed E-state index contributed by atoms with van der Waals surface area (Å²) in [5.74, 6) is -0.181. The van der Waals surface area contributed by atoms with E-state index in [9.17, 15) is 9.18 Å². The number of aromatic nitrogens is 2. The first kappa shape index (κ1) is 15.7. The van der Waals surface area contributed by atoms with Crippen LogP contribution in [0.3, 0.4) is 0 Å². The smallest absolute Gasteiger partial charge is 0.243 e. The molecule has 1 atom stereocenters. The summed E-state index contributed by atoms with van der Waals surface area (Å²) in [5.41, 5.74) is 6.89. The van der Waals surface area contributed by atoms with E-state index in [2.05, 4.69) is 4.98 Å². The average molecular weight is 314 g/mol. The number of amides is 1. The predicted molar refractivity (Wildman–Crippen MR) is 78.7 cm³/mol. The maximum absolute atomic E-state index is 13.6. The number of fused-ring (bicyclic) bond motifs is 1. The first-order chi connectivity index (χ1) is 9.90. The second-order valence-electron chi connectivity index (χ2n) is 4.85. The first-order valence-corrected chi connectivity index (χ1v) is 7.00. The summed E-state index contributed by atoms with van der Waals surface area (Å²) in [6.45, 7) is 4.11. The molecule has 5 nitrogen and oxygen atoms in total. The lowest BCUT2D eigenvalue weighted by Crippen LogP contribution is -2.20. The number of aryl methyl sites for hydroxylation is 1. The summed E-state index contributed by atoms with van der Waals surface area (Å²) >= 11 is 6.13. The van der Waals surface area contributed by atoms with Crippen molar-refractivity contribution in [3.63, 3.8) is 0 Å². The second kappa shape index (κ2) is 6.41. The molecule has 1 heterocycles. The zero-order valence-corrected chi connectivity index (χ0v) is 12.7. The van der Waals surface area contributed by atoms with Crippen LogP contribution in [0.5, 0.6) is 0 Å². The van der Waals surface area contributed by atoms with E-state index in [1.54, 1.807) is 19.9 Å². The van der Waals surface area contributed by atoms with E-state index in [0.29, 0.717) is 30.1 Å². The van der Waals surface area contributed by atoms with Gasteiger partial charge in [-0.05, 0) is 25.5 Å². The Morgan fingerprint density at radius 3 is 2.90 bits per heavy atom. The zero-order chi connectivity index (χ0) is 15.6. The highest BCUT2D eigenvalue weighted by molar-refractivity contribution is 6.20. The van der Waals surface area contributed by atoms with Gasteiger partial charge in [0.1, 0.15) is 18.2 Å². The van der Waals surface area contributed by atoms with Crippen molar-refractivity contribution >= 4 is 28.5 Å². The van der Waals surface area contributed by atoms with Gasteiger partial charge in [0.2, 0.25) is 5.91 Å². The van der Waals surface area contributed by atoms with E-state index in [4.69, 9.17) is 22.1 Å². The molecule has 0 radical (unpaired) electrons. The molecule has 1 aromatic carbocycles. The molecule has 0 saturated heterocycles. The minimum atomic E-state index is -0.519. The van der Waals surface area contributed by atoms with Gasteiger partial charge in [-0.2, -0.15) is 0 Å². The van der Waals surface area contributed by atoms with Gasteiger partial charge in [-0.3, -0.25) is 4.79 Å². The molecule has 2 rings (SSSR count). The Morgan fingerprint density at radius 2 is 2.29 bits per heavy atom. The van der Waals surface area contributed by atoms with Crippen molar-refractivity contribution in [2.24, 2.45) is 5.73 Å². The van der Waals surface area contributed by atoms with Gasteiger partial charge in [0.05, 0.1) is 23.0 Å². The fraction of sp³-hybridized carbons (Fsp3) is 0.429. The van der Waals surface area contributed by atoms with Crippen molar-refractivity contribution in [2.75, 3.05) is 13.2 Å². The van der Waals surface area contributed by atoms with E-state index in [0.717, 1.165) is 5.52 Å². The van der Waals surface area contributed by atoms with Gasteiger partial charge in [0.25, 0.3) is 0 Å². The molecule has 0 bridgehead atoms. The number of hydrogen-bond donors (Lipinski definition) is 1. The summed E-state index contributed by atoms with van der Waals surface area (Å²) in [6.07, 6.45) is 0. The van der Waals surface area contributed by atoms with Gasteiger partial charge < -0.3 is 15.0 Å². The number of imidazole rings is 1. The van der Waals surface area contributed by atoms with Crippen LogP contribution in [0.25, 0.3) is 11.0 Å². The third-order valence-electron chi connectivity index (χ3n) is 3.12. The number of benzene rings is 1. The van der Waals surface area contributed by atoms with E-state index < -0.39 is 5.91 Å². The predicted octanol–water partition coefficient (Wildman–Crippen LogP) is 2.29. The molecule has 0 aliphatic rings. The third-order valence-corrected chi connectivity index (χ3v) is 3.31. The Labute approximate surface area is 126 Å². The van der Waals surface area contributed by atoms with Crippen LogP contribution in [0.4, 0.5) is 4.39 Å². The molecule has 7 heteroatoms. The summed E-state index contributed by atoms with van der Waals surface area (Å²) < 4.78 is 20.7. The van der Waals surface area contributed by atoms with Gasteiger partial charge in [-0.1, -0.05) is 0 Å². The topological polar surface area (TPSA) is 70.1 Å². The molecule has 0 saturated carbocycles. The van der Waals surface area contributed by atoms with Crippen molar-refractivity contribution in [1.82, 2.24) is 9.55 Å². The van der Waals surface area contributed by atoms with E-state index in [1.165, 1.54) is 6.07 Å². The van der Waals surface area contributed by atoms with E-state index in [1.807, 2.05) is 4.57 Å². The van der Waals surface area contributed by atoms with Crippen LogP contribution in [-0.2, 0) is 16.1 Å². The van der Waals surface area contributed by atoms with Crippen LogP contribution in [0.2, 0.25) is 0 Å². The van der Waals surface area contributed by atoms with Crippen LogP contribution < -0.4 is 5.73 Å². The van der Waals surface area contributed by atoms with Crippen molar-refractivity contribution in [2.45, 2.75) is 25.8 Å².